The summed E-state index contributed by atoms with van der Waals surface area (Å²) in [7, 11) is 0. The Morgan fingerprint density at radius 3 is 2.95 bits per heavy atom. The van der Waals surface area contributed by atoms with Gasteiger partial charge in [0.2, 0.25) is 0 Å². The molecule has 2 fully saturated rings. The van der Waals surface area contributed by atoms with Gasteiger partial charge in [0.05, 0.1) is 18.8 Å². The lowest BCUT2D eigenvalue weighted by Gasteiger charge is -2.43. The third-order valence-corrected chi connectivity index (χ3v) is 4.47. The fourth-order valence-corrected chi connectivity index (χ4v) is 3.64. The van der Waals surface area contributed by atoms with Gasteiger partial charge in [-0.2, -0.15) is 0 Å². The van der Waals surface area contributed by atoms with Gasteiger partial charge in [0.1, 0.15) is 0 Å². The molecule has 1 aliphatic heterocycles. The summed E-state index contributed by atoms with van der Waals surface area (Å²) in [4.78, 5) is 14.6. The predicted molar refractivity (Wildman–Crippen MR) is 74.2 cm³/mol. The third-order valence-electron chi connectivity index (χ3n) is 4.07. The molecular weight excluding hydrogens is 310 g/mol. The molecule has 0 N–H and O–H groups in total. The second-order valence-electron chi connectivity index (χ2n) is 5.32. The minimum Gasteiger partial charge on any atom is -0.444 e. The molecule has 3 rings (SSSR count). The number of nitrogens with zero attached hydrogens (tertiary/aromatic N) is 1. The summed E-state index contributed by atoms with van der Waals surface area (Å²) in [5, 5.41) is 0. The molecular formula is C14H18BrNO3. The molecule has 1 aromatic heterocycles. The first kappa shape index (κ1) is 13.2. The van der Waals surface area contributed by atoms with Crippen molar-refractivity contribution in [3.05, 3.63) is 22.1 Å². The average Bonchev–Trinajstić information content (AvgIpc) is 2.76. The molecule has 1 saturated heterocycles. The van der Waals surface area contributed by atoms with E-state index in [0.29, 0.717) is 23.6 Å². The summed E-state index contributed by atoms with van der Waals surface area (Å²) in [6.07, 6.45) is 4.70. The largest absolute Gasteiger partial charge is 0.444 e. The number of morpholine rings is 1. The van der Waals surface area contributed by atoms with Crippen LogP contribution in [0.25, 0.3) is 0 Å². The first-order chi connectivity index (χ1) is 9.16. The Labute approximate surface area is 121 Å². The number of amides is 1. The second-order valence-corrected chi connectivity index (χ2v) is 6.10. The van der Waals surface area contributed by atoms with Gasteiger partial charge in [-0.25, -0.2) is 0 Å². The number of carbonyl (C=O) groups excluding carboxylic acids is 1. The van der Waals surface area contributed by atoms with Crippen LogP contribution in [0.2, 0.25) is 0 Å². The van der Waals surface area contributed by atoms with Crippen LogP contribution in [0.15, 0.2) is 15.2 Å². The SMILES string of the molecule is Cc1cc(Br)oc1C(=O)N1CCO[C@H]2CCCC[C@@H]21. The van der Waals surface area contributed by atoms with E-state index in [2.05, 4.69) is 15.9 Å². The van der Waals surface area contributed by atoms with Gasteiger partial charge < -0.3 is 14.1 Å². The van der Waals surface area contributed by atoms with Gasteiger partial charge in [0.25, 0.3) is 5.91 Å². The van der Waals surface area contributed by atoms with Crippen molar-refractivity contribution in [2.24, 2.45) is 0 Å². The molecule has 0 radical (unpaired) electrons. The maximum atomic E-state index is 12.6. The zero-order valence-corrected chi connectivity index (χ0v) is 12.6. The van der Waals surface area contributed by atoms with E-state index in [0.717, 1.165) is 18.4 Å². The second kappa shape index (κ2) is 5.29. The number of ether oxygens (including phenoxy) is 1. The van der Waals surface area contributed by atoms with E-state index in [-0.39, 0.29) is 18.1 Å². The molecule has 19 heavy (non-hydrogen) atoms. The van der Waals surface area contributed by atoms with Crippen molar-refractivity contribution < 1.29 is 13.9 Å². The number of halogens is 1. The minimum absolute atomic E-state index is 0.00315. The van der Waals surface area contributed by atoms with E-state index >= 15 is 0 Å². The fourth-order valence-electron chi connectivity index (χ4n) is 3.13. The molecule has 0 bridgehead atoms. The van der Waals surface area contributed by atoms with Crippen LogP contribution < -0.4 is 0 Å². The summed E-state index contributed by atoms with van der Waals surface area (Å²) < 4.78 is 11.9. The maximum Gasteiger partial charge on any atom is 0.290 e. The number of rotatable bonds is 1. The van der Waals surface area contributed by atoms with E-state index in [1.807, 2.05) is 17.9 Å². The van der Waals surface area contributed by atoms with Gasteiger partial charge in [-0.3, -0.25) is 4.79 Å². The lowest BCUT2D eigenvalue weighted by Crippen LogP contribution is -2.54. The lowest BCUT2D eigenvalue weighted by atomic mass is 9.90. The Hall–Kier alpha value is -0.810. The molecule has 4 nitrogen and oxygen atoms in total. The zero-order chi connectivity index (χ0) is 13.4. The minimum atomic E-state index is 0.00315. The predicted octanol–water partition coefficient (Wildman–Crippen LogP) is 3.13. The zero-order valence-electron chi connectivity index (χ0n) is 11.0. The summed E-state index contributed by atoms with van der Waals surface area (Å²) in [5.41, 5.74) is 0.885. The highest BCUT2D eigenvalue weighted by molar-refractivity contribution is 9.10. The smallest absolute Gasteiger partial charge is 0.290 e. The highest BCUT2D eigenvalue weighted by Crippen LogP contribution is 2.30. The van der Waals surface area contributed by atoms with Gasteiger partial charge in [0, 0.05) is 12.1 Å². The van der Waals surface area contributed by atoms with Crippen molar-refractivity contribution in [1.82, 2.24) is 4.90 Å². The van der Waals surface area contributed by atoms with E-state index in [4.69, 9.17) is 9.15 Å². The third kappa shape index (κ3) is 2.46. The molecule has 104 valence electrons. The van der Waals surface area contributed by atoms with E-state index in [1.165, 1.54) is 12.8 Å². The Morgan fingerprint density at radius 2 is 2.21 bits per heavy atom. The fraction of sp³-hybridized carbons (Fsp3) is 0.643. The Bertz CT molecular complexity index is 483. The number of hydrogen-bond acceptors (Lipinski definition) is 3. The van der Waals surface area contributed by atoms with Crippen LogP contribution in [0.3, 0.4) is 0 Å². The highest BCUT2D eigenvalue weighted by Gasteiger charge is 2.38. The Morgan fingerprint density at radius 1 is 1.42 bits per heavy atom. The van der Waals surface area contributed by atoms with Crippen LogP contribution in [-0.2, 0) is 4.74 Å². The van der Waals surface area contributed by atoms with E-state index in [1.54, 1.807) is 0 Å². The van der Waals surface area contributed by atoms with Gasteiger partial charge in [-0.05, 0) is 41.8 Å². The van der Waals surface area contributed by atoms with Crippen molar-refractivity contribution in [1.29, 1.82) is 0 Å². The van der Waals surface area contributed by atoms with Crippen molar-refractivity contribution in [3.63, 3.8) is 0 Å². The molecule has 0 aromatic carbocycles. The van der Waals surface area contributed by atoms with Crippen LogP contribution in [0.5, 0.6) is 0 Å². The van der Waals surface area contributed by atoms with Crippen LogP contribution >= 0.6 is 15.9 Å². The number of carbonyl (C=O) groups is 1. The molecule has 1 amide bonds. The van der Waals surface area contributed by atoms with Gasteiger partial charge >= 0.3 is 0 Å². The van der Waals surface area contributed by atoms with Crippen molar-refractivity contribution in [3.8, 4) is 0 Å². The first-order valence-corrected chi connectivity index (χ1v) is 7.64. The topological polar surface area (TPSA) is 42.7 Å². The van der Waals surface area contributed by atoms with Crippen LogP contribution in [0, 0.1) is 6.92 Å². The van der Waals surface area contributed by atoms with Gasteiger partial charge in [-0.1, -0.05) is 12.8 Å². The molecule has 1 aromatic rings. The summed E-state index contributed by atoms with van der Waals surface area (Å²) >= 11 is 3.28. The van der Waals surface area contributed by atoms with Crippen LogP contribution in [-0.4, -0.2) is 36.1 Å². The van der Waals surface area contributed by atoms with Crippen molar-refractivity contribution in [2.45, 2.75) is 44.8 Å². The van der Waals surface area contributed by atoms with E-state index < -0.39 is 0 Å². The maximum absolute atomic E-state index is 12.6. The Kier molecular flexibility index (Phi) is 3.67. The molecule has 2 aliphatic rings. The Balaban J connectivity index is 1.83. The lowest BCUT2D eigenvalue weighted by molar-refractivity contribution is -0.0760. The number of furan rings is 1. The monoisotopic (exact) mass is 327 g/mol. The van der Waals surface area contributed by atoms with Crippen molar-refractivity contribution in [2.75, 3.05) is 13.2 Å². The van der Waals surface area contributed by atoms with Gasteiger partial charge in [0.15, 0.2) is 10.4 Å². The normalized spacial score (nSPS) is 27.2. The molecule has 1 aliphatic carbocycles. The average molecular weight is 328 g/mol. The highest BCUT2D eigenvalue weighted by atomic mass is 79.9. The molecule has 2 heterocycles. The molecule has 5 heteroatoms. The molecule has 0 spiro atoms. The van der Waals surface area contributed by atoms with Crippen molar-refractivity contribution >= 4 is 21.8 Å². The number of hydrogen-bond donors (Lipinski definition) is 0. The summed E-state index contributed by atoms with van der Waals surface area (Å²) in [5.74, 6) is 0.460. The van der Waals surface area contributed by atoms with Crippen LogP contribution in [0.4, 0.5) is 0 Å². The quantitative estimate of drug-likeness (QED) is 0.795. The molecule has 2 atom stereocenters. The van der Waals surface area contributed by atoms with Crippen LogP contribution in [0.1, 0.15) is 41.8 Å². The van der Waals surface area contributed by atoms with Gasteiger partial charge in [-0.15, -0.1) is 0 Å². The number of aryl methyl sites for hydroxylation is 1. The molecule has 0 unspecified atom stereocenters. The first-order valence-electron chi connectivity index (χ1n) is 6.85. The van der Waals surface area contributed by atoms with E-state index in [9.17, 15) is 4.79 Å². The standard InChI is InChI=1S/C14H18BrNO3/c1-9-8-12(15)19-13(9)14(17)16-6-7-18-11-5-3-2-4-10(11)16/h8,10-11H,2-7H2,1H3/t10-,11-/m0/s1. The summed E-state index contributed by atoms with van der Waals surface area (Å²) in [6, 6.07) is 2.06. The number of fused-ring (bicyclic) bond motifs is 1. The summed E-state index contributed by atoms with van der Waals surface area (Å²) in [6.45, 7) is 3.20. The molecule has 1 saturated carbocycles.